The van der Waals surface area contributed by atoms with Crippen molar-refractivity contribution in [1.29, 1.82) is 0 Å². The van der Waals surface area contributed by atoms with Gasteiger partial charge in [-0.15, -0.1) is 0 Å². The molecule has 0 aliphatic carbocycles. The molecule has 0 bridgehead atoms. The molecule has 0 spiro atoms. The number of nitrogens with zero attached hydrogens (tertiary/aromatic N) is 1. The lowest BCUT2D eigenvalue weighted by Crippen LogP contribution is -2.44. The quantitative estimate of drug-likeness (QED) is 0.821. The lowest BCUT2D eigenvalue weighted by molar-refractivity contribution is -0.149. The van der Waals surface area contributed by atoms with Crippen LogP contribution in [-0.2, 0) is 14.4 Å². The van der Waals surface area contributed by atoms with Gasteiger partial charge in [0.2, 0.25) is 5.91 Å². The Balaban J connectivity index is 2.87. The summed E-state index contributed by atoms with van der Waals surface area (Å²) in [5, 5.41) is 2.88. The summed E-state index contributed by atoms with van der Waals surface area (Å²) in [6, 6.07) is 4.42. The number of benzene rings is 1. The molecule has 0 aliphatic heterocycles. The summed E-state index contributed by atoms with van der Waals surface area (Å²) in [6.45, 7) is 1.20. The molecule has 0 heterocycles. The Labute approximate surface area is 125 Å². The Morgan fingerprint density at radius 1 is 1.30 bits per heavy atom. The normalized spacial score (nSPS) is 10.0. The molecule has 1 aromatic carbocycles. The molecule has 0 saturated carbocycles. The van der Waals surface area contributed by atoms with E-state index in [1.807, 2.05) is 0 Å². The van der Waals surface area contributed by atoms with Gasteiger partial charge in [0.25, 0.3) is 0 Å². The lowest BCUT2D eigenvalue weighted by atomic mass is 10.3. The van der Waals surface area contributed by atoms with E-state index >= 15 is 0 Å². The summed E-state index contributed by atoms with van der Waals surface area (Å²) in [6.07, 6.45) is 0. The van der Waals surface area contributed by atoms with Crippen molar-refractivity contribution in [3.63, 3.8) is 0 Å². The number of anilines is 1. The molecule has 108 valence electrons. The fraction of sp³-hybridized carbons (Fsp3) is 0.250. The van der Waals surface area contributed by atoms with E-state index in [1.165, 1.54) is 25.1 Å². The largest absolute Gasteiger partial charge is 0.329 e. The predicted molar refractivity (Wildman–Crippen MR) is 76.5 cm³/mol. The van der Waals surface area contributed by atoms with Gasteiger partial charge >= 0.3 is 11.8 Å². The minimum atomic E-state index is -1.00. The fourth-order valence-corrected chi connectivity index (χ4v) is 1.76. The Morgan fingerprint density at radius 3 is 2.50 bits per heavy atom. The van der Waals surface area contributed by atoms with Crippen LogP contribution < -0.4 is 11.1 Å². The average Bonchev–Trinajstić information content (AvgIpc) is 2.39. The zero-order valence-electron chi connectivity index (χ0n) is 10.7. The summed E-state index contributed by atoms with van der Waals surface area (Å²) >= 11 is 11.6. The van der Waals surface area contributed by atoms with Crippen molar-refractivity contribution >= 4 is 46.6 Å². The van der Waals surface area contributed by atoms with Gasteiger partial charge in [0.05, 0.1) is 10.7 Å². The van der Waals surface area contributed by atoms with Gasteiger partial charge in [-0.05, 0) is 18.2 Å². The minimum absolute atomic E-state index is 0.0368. The number of hydrogen-bond acceptors (Lipinski definition) is 4. The zero-order valence-corrected chi connectivity index (χ0v) is 12.2. The van der Waals surface area contributed by atoms with Crippen LogP contribution in [0.3, 0.4) is 0 Å². The first-order valence-corrected chi connectivity index (χ1v) is 6.41. The first kappa shape index (κ1) is 16.4. The Hall–Kier alpha value is -1.63. The Morgan fingerprint density at radius 2 is 1.95 bits per heavy atom. The van der Waals surface area contributed by atoms with Crippen LogP contribution in [0.1, 0.15) is 6.92 Å². The van der Waals surface area contributed by atoms with Crippen molar-refractivity contribution < 1.29 is 14.4 Å². The van der Waals surface area contributed by atoms with E-state index < -0.39 is 17.7 Å². The number of nitrogens with one attached hydrogen (secondary N) is 1. The highest BCUT2D eigenvalue weighted by Crippen LogP contribution is 2.25. The number of carbonyl (C=O) groups excluding carboxylic acids is 3. The van der Waals surface area contributed by atoms with E-state index in [1.54, 1.807) is 0 Å². The lowest BCUT2D eigenvalue weighted by Gasteiger charge is -2.17. The molecule has 3 amide bonds. The molecule has 0 radical (unpaired) electrons. The molecule has 0 atom stereocenters. The van der Waals surface area contributed by atoms with E-state index in [0.717, 1.165) is 4.90 Å². The first-order chi connectivity index (χ1) is 9.36. The van der Waals surface area contributed by atoms with Crippen LogP contribution in [0.2, 0.25) is 10.0 Å². The van der Waals surface area contributed by atoms with Gasteiger partial charge < -0.3 is 11.1 Å². The highest BCUT2D eigenvalue weighted by atomic mass is 35.5. The van der Waals surface area contributed by atoms with E-state index in [-0.39, 0.29) is 23.8 Å². The number of amides is 3. The van der Waals surface area contributed by atoms with Crippen LogP contribution >= 0.6 is 23.2 Å². The molecule has 0 saturated heterocycles. The van der Waals surface area contributed by atoms with Gasteiger partial charge in [-0.3, -0.25) is 19.3 Å². The van der Waals surface area contributed by atoms with E-state index in [9.17, 15) is 14.4 Å². The summed E-state index contributed by atoms with van der Waals surface area (Å²) < 4.78 is 0. The Bertz CT molecular complexity index is 549. The molecule has 6 nitrogen and oxygen atoms in total. The third kappa shape index (κ3) is 4.19. The summed E-state index contributed by atoms with van der Waals surface area (Å²) in [7, 11) is 0. The van der Waals surface area contributed by atoms with Crippen molar-refractivity contribution in [2.75, 3.05) is 18.4 Å². The van der Waals surface area contributed by atoms with Gasteiger partial charge in [0.15, 0.2) is 0 Å². The van der Waals surface area contributed by atoms with Gasteiger partial charge in [0.1, 0.15) is 0 Å². The number of halogens is 2. The van der Waals surface area contributed by atoms with Crippen LogP contribution in [0.5, 0.6) is 0 Å². The monoisotopic (exact) mass is 317 g/mol. The molecule has 1 rings (SSSR count). The van der Waals surface area contributed by atoms with Crippen LogP contribution in [0.15, 0.2) is 18.2 Å². The predicted octanol–water partition coefficient (Wildman–Crippen LogP) is 1.27. The zero-order chi connectivity index (χ0) is 15.3. The van der Waals surface area contributed by atoms with Crippen molar-refractivity contribution in [3.05, 3.63) is 28.2 Å². The van der Waals surface area contributed by atoms with Gasteiger partial charge in [-0.1, -0.05) is 23.2 Å². The van der Waals surface area contributed by atoms with Crippen LogP contribution in [0.25, 0.3) is 0 Å². The molecule has 0 fully saturated rings. The second-order valence-corrected chi connectivity index (χ2v) is 4.69. The summed E-state index contributed by atoms with van der Waals surface area (Å²) in [5.74, 6) is -2.55. The maximum Gasteiger partial charge on any atom is 0.318 e. The van der Waals surface area contributed by atoms with E-state index in [4.69, 9.17) is 28.9 Å². The molecule has 20 heavy (non-hydrogen) atoms. The minimum Gasteiger partial charge on any atom is -0.329 e. The maximum absolute atomic E-state index is 11.8. The van der Waals surface area contributed by atoms with Crippen LogP contribution in [0.4, 0.5) is 5.69 Å². The average molecular weight is 318 g/mol. The molecule has 0 unspecified atom stereocenters. The van der Waals surface area contributed by atoms with Crippen LogP contribution in [-0.4, -0.2) is 35.7 Å². The van der Waals surface area contributed by atoms with Gasteiger partial charge in [-0.25, -0.2) is 0 Å². The third-order valence-electron chi connectivity index (χ3n) is 2.35. The molecule has 0 aromatic heterocycles. The first-order valence-electron chi connectivity index (χ1n) is 5.65. The number of imide groups is 1. The fourth-order valence-electron chi connectivity index (χ4n) is 1.42. The highest BCUT2D eigenvalue weighted by molar-refractivity contribution is 6.43. The van der Waals surface area contributed by atoms with Gasteiger partial charge in [0, 0.05) is 25.0 Å². The van der Waals surface area contributed by atoms with Crippen LogP contribution in [0, 0.1) is 0 Å². The van der Waals surface area contributed by atoms with Crippen molar-refractivity contribution in [1.82, 2.24) is 4.90 Å². The molecular formula is C12H13Cl2N3O3. The summed E-state index contributed by atoms with van der Waals surface area (Å²) in [4.78, 5) is 35.7. The molecule has 1 aromatic rings. The van der Waals surface area contributed by atoms with E-state index in [2.05, 4.69) is 5.32 Å². The highest BCUT2D eigenvalue weighted by Gasteiger charge is 2.25. The molecule has 3 N–H and O–H groups in total. The smallest absolute Gasteiger partial charge is 0.318 e. The standard InChI is InChI=1S/C12H13Cl2N3O3/c1-7(18)17(5-4-15)12(20)11(19)16-10-6-8(13)2-3-9(10)14/h2-3,6H,4-5,15H2,1H3,(H,16,19). The molecular weight excluding hydrogens is 305 g/mol. The maximum atomic E-state index is 11.8. The second kappa shape index (κ2) is 7.23. The summed E-state index contributed by atoms with van der Waals surface area (Å²) in [5.41, 5.74) is 5.47. The second-order valence-electron chi connectivity index (χ2n) is 3.84. The number of carbonyl (C=O) groups is 3. The van der Waals surface area contributed by atoms with E-state index in [0.29, 0.717) is 5.02 Å². The third-order valence-corrected chi connectivity index (χ3v) is 2.91. The van der Waals surface area contributed by atoms with Crippen molar-refractivity contribution in [3.8, 4) is 0 Å². The molecule has 0 aliphatic rings. The number of rotatable bonds is 3. The number of hydrogen-bond donors (Lipinski definition) is 2. The SMILES string of the molecule is CC(=O)N(CCN)C(=O)C(=O)Nc1cc(Cl)ccc1Cl. The van der Waals surface area contributed by atoms with Crippen molar-refractivity contribution in [2.45, 2.75) is 6.92 Å². The molecule has 8 heteroatoms. The van der Waals surface area contributed by atoms with Gasteiger partial charge in [-0.2, -0.15) is 0 Å². The van der Waals surface area contributed by atoms with Crippen molar-refractivity contribution in [2.24, 2.45) is 5.73 Å². The number of nitrogens with two attached hydrogens (primary N) is 1. The topological polar surface area (TPSA) is 92.5 Å². The Kier molecular flexibility index (Phi) is 5.94.